The largest absolute Gasteiger partial charge is 0.462 e. The van der Waals surface area contributed by atoms with E-state index in [1.807, 2.05) is 0 Å². The van der Waals surface area contributed by atoms with Crippen LogP contribution >= 0.6 is 0 Å². The smallest absolute Gasteiger partial charge is 0.306 e. The number of esters is 1. The van der Waals surface area contributed by atoms with Gasteiger partial charge in [-0.3, -0.25) is 9.59 Å². The molecule has 0 heterocycles. The van der Waals surface area contributed by atoms with Crippen LogP contribution in [0.15, 0.2) is 48.6 Å². The Bertz CT molecular complexity index is 1050. The molecule has 0 bridgehead atoms. The number of carbonyl (C=O) groups is 2. The summed E-state index contributed by atoms with van der Waals surface area (Å²) in [6.07, 6.45) is 58.8. The quantitative estimate of drug-likeness (QED) is 0.0245. The number of ether oxygens (including phenoxy) is 1. The lowest BCUT2D eigenvalue weighted by molar-refractivity contribution is -0.151. The van der Waals surface area contributed by atoms with Gasteiger partial charge in [0.2, 0.25) is 5.91 Å². The number of unbranched alkanes of at least 4 members (excludes halogenated alkanes) is 29. The van der Waals surface area contributed by atoms with Crippen LogP contribution in [-0.4, -0.2) is 46.9 Å². The van der Waals surface area contributed by atoms with Gasteiger partial charge >= 0.3 is 5.97 Å². The molecule has 0 aliphatic carbocycles. The van der Waals surface area contributed by atoms with Crippen molar-refractivity contribution in [3.05, 3.63) is 48.6 Å². The summed E-state index contributed by atoms with van der Waals surface area (Å²) >= 11 is 0. The van der Waals surface area contributed by atoms with Gasteiger partial charge in [-0.15, -0.1) is 0 Å². The van der Waals surface area contributed by atoms with Crippen LogP contribution in [0.1, 0.15) is 265 Å². The lowest BCUT2D eigenvalue weighted by Crippen LogP contribution is -2.46. The topological polar surface area (TPSA) is 95.9 Å². The Morgan fingerprint density at radius 1 is 0.492 bits per heavy atom. The van der Waals surface area contributed by atoms with Gasteiger partial charge in [0.1, 0.15) is 6.10 Å². The van der Waals surface area contributed by atoms with Gasteiger partial charge in [-0.25, -0.2) is 0 Å². The summed E-state index contributed by atoms with van der Waals surface area (Å²) in [5.74, 6) is -0.493. The molecule has 0 saturated heterocycles. The summed E-state index contributed by atoms with van der Waals surface area (Å²) in [5.41, 5.74) is 0. The Morgan fingerprint density at radius 2 is 0.902 bits per heavy atom. The van der Waals surface area contributed by atoms with Crippen molar-refractivity contribution in [2.24, 2.45) is 0 Å². The summed E-state index contributed by atoms with van der Waals surface area (Å²) in [5, 5.41) is 23.8. The predicted molar refractivity (Wildman–Crippen MR) is 264 cm³/mol. The summed E-state index contributed by atoms with van der Waals surface area (Å²) in [6.45, 7) is 6.35. The fraction of sp³-hybridized carbons (Fsp3) is 0.818. The van der Waals surface area contributed by atoms with E-state index < -0.39 is 18.2 Å². The first-order chi connectivity index (χ1) is 30.0. The van der Waals surface area contributed by atoms with Gasteiger partial charge < -0.3 is 20.3 Å². The van der Waals surface area contributed by atoms with Crippen molar-refractivity contribution in [2.75, 3.05) is 6.61 Å². The molecule has 0 fully saturated rings. The SMILES string of the molecule is CC/C=C/C=C/C=C/CCCCCCCC(CC(=O)NC(CO)C(O)CCCCCCCCCCCCCCCC)OC(=O)CCCCCCCCC/C=C\CCCCCC. The normalized spacial score (nSPS) is 13.6. The van der Waals surface area contributed by atoms with Gasteiger partial charge in [0.25, 0.3) is 0 Å². The molecule has 0 spiro atoms. The number of nitrogens with one attached hydrogen (secondary N) is 1. The molecule has 61 heavy (non-hydrogen) atoms. The van der Waals surface area contributed by atoms with E-state index in [-0.39, 0.29) is 24.9 Å². The van der Waals surface area contributed by atoms with Crippen molar-refractivity contribution >= 4 is 11.9 Å². The van der Waals surface area contributed by atoms with Crippen molar-refractivity contribution in [2.45, 2.75) is 283 Å². The Hall–Kier alpha value is -2.18. The third-order valence-electron chi connectivity index (χ3n) is 12.0. The first kappa shape index (κ1) is 58.8. The highest BCUT2D eigenvalue weighted by atomic mass is 16.5. The summed E-state index contributed by atoms with van der Waals surface area (Å²) in [4.78, 5) is 26.2. The summed E-state index contributed by atoms with van der Waals surface area (Å²) in [7, 11) is 0. The van der Waals surface area contributed by atoms with E-state index in [1.54, 1.807) is 0 Å². The van der Waals surface area contributed by atoms with Gasteiger partial charge in [-0.05, 0) is 70.6 Å². The van der Waals surface area contributed by atoms with Gasteiger partial charge in [0.05, 0.1) is 25.2 Å². The highest BCUT2D eigenvalue weighted by Gasteiger charge is 2.24. The predicted octanol–water partition coefficient (Wildman–Crippen LogP) is 15.8. The fourth-order valence-electron chi connectivity index (χ4n) is 7.96. The van der Waals surface area contributed by atoms with Gasteiger partial charge in [0.15, 0.2) is 0 Å². The van der Waals surface area contributed by atoms with Gasteiger partial charge in [-0.1, -0.05) is 230 Å². The standard InChI is InChI=1S/C55H101NO5/c1-4-7-10-13-16-19-22-25-27-30-33-36-39-42-45-48-55(60)61-51(46-43-40-37-34-31-28-24-21-18-15-12-9-6-3)49-54(59)56-52(50-57)53(58)47-44-41-38-35-32-29-26-23-20-17-14-11-8-5-2/h9,12,15,18-19,21-22,24,51-53,57-58H,4-8,10-11,13-14,16-17,20,23,25-50H2,1-3H3,(H,56,59)/b12-9+,18-15+,22-19-,24-21+. The Balaban J connectivity index is 4.57. The van der Waals surface area contributed by atoms with E-state index >= 15 is 0 Å². The first-order valence-corrected chi connectivity index (χ1v) is 26.4. The molecule has 0 aromatic heterocycles. The molecule has 3 unspecified atom stereocenters. The van der Waals surface area contributed by atoms with Crippen molar-refractivity contribution in [1.29, 1.82) is 0 Å². The summed E-state index contributed by atoms with van der Waals surface area (Å²) < 4.78 is 5.93. The molecule has 0 saturated carbocycles. The molecule has 0 aromatic carbocycles. The molecule has 356 valence electrons. The van der Waals surface area contributed by atoms with E-state index in [0.717, 1.165) is 83.5 Å². The molecule has 6 heteroatoms. The second kappa shape index (κ2) is 48.8. The van der Waals surface area contributed by atoms with Crippen LogP contribution in [-0.2, 0) is 14.3 Å². The lowest BCUT2D eigenvalue weighted by Gasteiger charge is -2.24. The average Bonchev–Trinajstić information content (AvgIpc) is 3.25. The van der Waals surface area contributed by atoms with Crippen LogP contribution in [0.25, 0.3) is 0 Å². The first-order valence-electron chi connectivity index (χ1n) is 26.4. The molecule has 1 amide bonds. The molecular formula is C55H101NO5. The minimum atomic E-state index is -0.794. The third kappa shape index (κ3) is 44.2. The van der Waals surface area contributed by atoms with Crippen LogP contribution in [0, 0.1) is 0 Å². The Kier molecular flexibility index (Phi) is 47.1. The van der Waals surface area contributed by atoms with Crippen molar-refractivity contribution in [3.8, 4) is 0 Å². The molecule has 0 rings (SSSR count). The zero-order valence-electron chi connectivity index (χ0n) is 40.5. The molecule has 3 N–H and O–H groups in total. The molecule has 0 aliphatic rings. The van der Waals surface area contributed by atoms with Crippen molar-refractivity contribution in [1.82, 2.24) is 5.32 Å². The monoisotopic (exact) mass is 856 g/mol. The highest BCUT2D eigenvalue weighted by Crippen LogP contribution is 2.18. The third-order valence-corrected chi connectivity index (χ3v) is 12.0. The molecule has 3 atom stereocenters. The zero-order chi connectivity index (χ0) is 44.5. The van der Waals surface area contributed by atoms with E-state index in [1.165, 1.54) is 135 Å². The number of hydrogen-bond donors (Lipinski definition) is 3. The number of aliphatic hydroxyl groups is 2. The number of aliphatic hydroxyl groups excluding tert-OH is 2. The molecular weight excluding hydrogens is 755 g/mol. The highest BCUT2D eigenvalue weighted by molar-refractivity contribution is 5.77. The van der Waals surface area contributed by atoms with Crippen LogP contribution in [0.3, 0.4) is 0 Å². The van der Waals surface area contributed by atoms with Crippen molar-refractivity contribution in [3.63, 3.8) is 0 Å². The van der Waals surface area contributed by atoms with E-state index in [2.05, 4.69) is 74.7 Å². The average molecular weight is 856 g/mol. The van der Waals surface area contributed by atoms with E-state index in [9.17, 15) is 19.8 Å². The molecule has 6 nitrogen and oxygen atoms in total. The van der Waals surface area contributed by atoms with Crippen molar-refractivity contribution < 1.29 is 24.5 Å². The number of carbonyl (C=O) groups excluding carboxylic acids is 2. The van der Waals surface area contributed by atoms with Crippen LogP contribution in [0.2, 0.25) is 0 Å². The van der Waals surface area contributed by atoms with Gasteiger partial charge in [-0.2, -0.15) is 0 Å². The Labute approximate surface area is 378 Å². The number of rotatable bonds is 47. The van der Waals surface area contributed by atoms with Crippen LogP contribution in [0.4, 0.5) is 0 Å². The second-order valence-corrected chi connectivity index (χ2v) is 18.0. The minimum absolute atomic E-state index is 0.0631. The second-order valence-electron chi connectivity index (χ2n) is 18.0. The van der Waals surface area contributed by atoms with Crippen LogP contribution < -0.4 is 5.32 Å². The minimum Gasteiger partial charge on any atom is -0.462 e. The molecule has 0 aliphatic heterocycles. The maximum absolute atomic E-state index is 13.2. The maximum atomic E-state index is 13.2. The number of hydrogen-bond acceptors (Lipinski definition) is 5. The fourth-order valence-corrected chi connectivity index (χ4v) is 7.96. The lowest BCUT2D eigenvalue weighted by atomic mass is 10.0. The molecule has 0 radical (unpaired) electrons. The number of allylic oxidation sites excluding steroid dienone is 8. The molecule has 0 aromatic rings. The maximum Gasteiger partial charge on any atom is 0.306 e. The Morgan fingerprint density at radius 3 is 1.39 bits per heavy atom. The van der Waals surface area contributed by atoms with Gasteiger partial charge in [0, 0.05) is 6.42 Å². The van der Waals surface area contributed by atoms with E-state index in [0.29, 0.717) is 19.3 Å². The summed E-state index contributed by atoms with van der Waals surface area (Å²) in [6, 6.07) is -0.708. The van der Waals surface area contributed by atoms with E-state index in [4.69, 9.17) is 4.74 Å². The zero-order valence-corrected chi connectivity index (χ0v) is 40.5. The van der Waals surface area contributed by atoms with Crippen LogP contribution in [0.5, 0.6) is 0 Å². The number of amides is 1.